The Hall–Kier alpha value is -1.77. The van der Waals surface area contributed by atoms with Crippen LogP contribution in [0.3, 0.4) is 0 Å². The third-order valence-corrected chi connectivity index (χ3v) is 5.73. The Morgan fingerprint density at radius 2 is 1.69 bits per heavy atom. The number of hydrogen-bond donors (Lipinski definition) is 1. The standard InChI is InChI=1S/C18H17ClF3NO3S.C2H6/c1-11-3-2-4-15(26-27(24,25)18(20,21)22)16(11)17-13-8-10-23-9-7-12(13)5-6-14(17)19;1-2/h2-6,23H,7-10H2,1H3;1-2H3. The molecule has 160 valence electrons. The number of alkyl halides is 3. The molecule has 0 fully saturated rings. The summed E-state index contributed by atoms with van der Waals surface area (Å²) in [5.74, 6) is -0.389. The van der Waals surface area contributed by atoms with Crippen LogP contribution in [-0.2, 0) is 23.0 Å². The number of hydrogen-bond acceptors (Lipinski definition) is 4. The topological polar surface area (TPSA) is 55.4 Å². The highest BCUT2D eigenvalue weighted by Gasteiger charge is 2.49. The van der Waals surface area contributed by atoms with Gasteiger partial charge in [0.2, 0.25) is 0 Å². The maximum Gasteiger partial charge on any atom is 0.534 e. The van der Waals surface area contributed by atoms with Crippen molar-refractivity contribution in [3.63, 3.8) is 0 Å². The van der Waals surface area contributed by atoms with Crippen molar-refractivity contribution in [3.05, 3.63) is 52.0 Å². The van der Waals surface area contributed by atoms with E-state index in [1.807, 2.05) is 19.9 Å². The fourth-order valence-electron chi connectivity index (χ4n) is 3.21. The monoisotopic (exact) mass is 449 g/mol. The zero-order valence-corrected chi connectivity index (χ0v) is 17.9. The SMILES string of the molecule is CC.Cc1cccc(OS(=O)(=O)C(F)(F)F)c1-c1c(Cl)ccc2c1CCNCC2. The Labute approximate surface area is 174 Å². The Morgan fingerprint density at radius 1 is 1.03 bits per heavy atom. The van der Waals surface area contributed by atoms with E-state index in [1.165, 1.54) is 12.1 Å². The Kier molecular flexibility index (Phi) is 7.59. The van der Waals surface area contributed by atoms with Crippen LogP contribution in [0.4, 0.5) is 13.2 Å². The Morgan fingerprint density at radius 3 is 2.34 bits per heavy atom. The molecule has 2 aromatic carbocycles. The highest BCUT2D eigenvalue weighted by molar-refractivity contribution is 7.88. The van der Waals surface area contributed by atoms with Gasteiger partial charge in [0.15, 0.2) is 5.75 Å². The molecule has 3 rings (SSSR count). The maximum atomic E-state index is 12.8. The fourth-order valence-corrected chi connectivity index (χ4v) is 3.95. The molecule has 0 spiro atoms. The van der Waals surface area contributed by atoms with Crippen LogP contribution < -0.4 is 9.50 Å². The maximum absolute atomic E-state index is 12.8. The third kappa shape index (κ3) is 5.05. The molecular weight excluding hydrogens is 427 g/mol. The van der Waals surface area contributed by atoms with Crippen molar-refractivity contribution in [1.82, 2.24) is 5.32 Å². The Balaban J connectivity index is 0.00000145. The summed E-state index contributed by atoms with van der Waals surface area (Å²) in [7, 11) is -5.79. The van der Waals surface area contributed by atoms with E-state index in [9.17, 15) is 21.6 Å². The molecule has 0 atom stereocenters. The predicted octanol–water partition coefficient (Wildman–Crippen LogP) is 5.26. The molecule has 0 aromatic heterocycles. The van der Waals surface area contributed by atoms with Crippen LogP contribution in [0.5, 0.6) is 5.75 Å². The molecule has 0 aliphatic carbocycles. The van der Waals surface area contributed by atoms with Gasteiger partial charge in [-0.05, 0) is 61.7 Å². The second-order valence-electron chi connectivity index (χ2n) is 6.24. The van der Waals surface area contributed by atoms with Crippen molar-refractivity contribution >= 4 is 21.7 Å². The van der Waals surface area contributed by atoms with Gasteiger partial charge in [0.25, 0.3) is 0 Å². The summed E-state index contributed by atoms with van der Waals surface area (Å²) in [6, 6.07) is 7.88. The number of benzene rings is 2. The van der Waals surface area contributed by atoms with Gasteiger partial charge in [0.1, 0.15) is 0 Å². The van der Waals surface area contributed by atoms with E-state index in [0.717, 1.165) is 24.1 Å². The highest BCUT2D eigenvalue weighted by Crippen LogP contribution is 2.43. The average molecular weight is 450 g/mol. The van der Waals surface area contributed by atoms with Crippen LogP contribution in [0, 0.1) is 6.92 Å². The molecule has 29 heavy (non-hydrogen) atoms. The lowest BCUT2D eigenvalue weighted by Gasteiger charge is -2.20. The van der Waals surface area contributed by atoms with E-state index in [4.69, 9.17) is 11.6 Å². The first-order valence-electron chi connectivity index (χ1n) is 9.23. The molecule has 0 radical (unpaired) electrons. The molecule has 0 unspecified atom stereocenters. The van der Waals surface area contributed by atoms with E-state index in [-0.39, 0.29) is 11.3 Å². The number of rotatable bonds is 3. The van der Waals surface area contributed by atoms with Gasteiger partial charge in [-0.25, -0.2) is 0 Å². The van der Waals surface area contributed by atoms with E-state index >= 15 is 0 Å². The van der Waals surface area contributed by atoms with Gasteiger partial charge < -0.3 is 9.50 Å². The molecule has 9 heteroatoms. The molecule has 1 aliphatic heterocycles. The van der Waals surface area contributed by atoms with Gasteiger partial charge in [0, 0.05) is 16.1 Å². The summed E-state index contributed by atoms with van der Waals surface area (Å²) in [6.07, 6.45) is 1.35. The van der Waals surface area contributed by atoms with E-state index in [2.05, 4.69) is 9.50 Å². The number of aryl methyl sites for hydroxylation is 1. The fraction of sp³-hybridized carbons (Fsp3) is 0.400. The van der Waals surface area contributed by atoms with Crippen molar-refractivity contribution in [2.75, 3.05) is 13.1 Å². The molecule has 0 bridgehead atoms. The summed E-state index contributed by atoms with van der Waals surface area (Å²) in [4.78, 5) is 0. The van der Waals surface area contributed by atoms with Crippen molar-refractivity contribution in [2.45, 2.75) is 39.1 Å². The number of halogens is 4. The number of fused-ring (bicyclic) bond motifs is 1. The quantitative estimate of drug-likeness (QED) is 0.513. The smallest absolute Gasteiger partial charge is 0.375 e. The van der Waals surface area contributed by atoms with Crippen LogP contribution >= 0.6 is 11.6 Å². The van der Waals surface area contributed by atoms with Gasteiger partial charge in [0.05, 0.1) is 0 Å². The highest BCUT2D eigenvalue weighted by atomic mass is 35.5. The summed E-state index contributed by atoms with van der Waals surface area (Å²) in [6.45, 7) is 7.13. The molecule has 4 nitrogen and oxygen atoms in total. The summed E-state index contributed by atoms with van der Waals surface area (Å²) in [5, 5.41) is 3.59. The van der Waals surface area contributed by atoms with Gasteiger partial charge >= 0.3 is 15.6 Å². The zero-order valence-electron chi connectivity index (χ0n) is 16.4. The molecule has 1 aliphatic rings. The molecule has 2 aromatic rings. The first-order valence-corrected chi connectivity index (χ1v) is 11.0. The lowest BCUT2D eigenvalue weighted by atomic mass is 9.90. The predicted molar refractivity (Wildman–Crippen MR) is 109 cm³/mol. The summed E-state index contributed by atoms with van der Waals surface area (Å²) in [5.41, 5.74) is -2.27. The van der Waals surface area contributed by atoms with E-state index in [0.29, 0.717) is 29.1 Å². The van der Waals surface area contributed by atoms with Crippen molar-refractivity contribution in [1.29, 1.82) is 0 Å². The molecule has 0 saturated heterocycles. The first-order chi connectivity index (χ1) is 13.6. The largest absolute Gasteiger partial charge is 0.534 e. The lowest BCUT2D eigenvalue weighted by Crippen LogP contribution is -2.28. The van der Waals surface area contributed by atoms with Gasteiger partial charge in [-0.1, -0.05) is 43.6 Å². The van der Waals surface area contributed by atoms with Crippen molar-refractivity contribution in [3.8, 4) is 16.9 Å². The normalized spacial score (nSPS) is 14.3. The van der Waals surface area contributed by atoms with Gasteiger partial charge in [-0.2, -0.15) is 21.6 Å². The zero-order chi connectivity index (χ0) is 21.8. The van der Waals surface area contributed by atoms with E-state index < -0.39 is 15.6 Å². The summed E-state index contributed by atoms with van der Waals surface area (Å²) < 4.78 is 66.0. The summed E-state index contributed by atoms with van der Waals surface area (Å²) >= 11 is 6.41. The van der Waals surface area contributed by atoms with Crippen LogP contribution in [-0.4, -0.2) is 27.0 Å². The second kappa shape index (κ2) is 9.36. The third-order valence-electron chi connectivity index (χ3n) is 4.45. The Bertz CT molecular complexity index is 976. The van der Waals surface area contributed by atoms with Gasteiger partial charge in [-0.3, -0.25) is 0 Å². The minimum Gasteiger partial charge on any atom is -0.375 e. The molecular formula is C20H23ClF3NO3S. The van der Waals surface area contributed by atoms with Crippen LogP contribution in [0.15, 0.2) is 30.3 Å². The van der Waals surface area contributed by atoms with Gasteiger partial charge in [-0.15, -0.1) is 0 Å². The van der Waals surface area contributed by atoms with E-state index in [1.54, 1.807) is 19.1 Å². The van der Waals surface area contributed by atoms with Crippen LogP contribution in [0.2, 0.25) is 5.02 Å². The van der Waals surface area contributed by atoms with Crippen molar-refractivity contribution in [2.24, 2.45) is 0 Å². The van der Waals surface area contributed by atoms with Crippen LogP contribution in [0.25, 0.3) is 11.1 Å². The molecule has 1 N–H and O–H groups in total. The van der Waals surface area contributed by atoms with Crippen molar-refractivity contribution < 1.29 is 25.8 Å². The average Bonchev–Trinajstić information content (AvgIpc) is 2.89. The molecule has 0 amide bonds. The molecule has 1 heterocycles. The minimum atomic E-state index is -5.79. The van der Waals surface area contributed by atoms with Crippen LogP contribution in [0.1, 0.15) is 30.5 Å². The second-order valence-corrected chi connectivity index (χ2v) is 8.19. The minimum absolute atomic E-state index is 0.258. The first kappa shape index (κ1) is 23.5. The number of nitrogens with one attached hydrogen (secondary N) is 1. The molecule has 0 saturated carbocycles. The lowest BCUT2D eigenvalue weighted by molar-refractivity contribution is -0.0499.